The van der Waals surface area contributed by atoms with E-state index in [1.54, 1.807) is 0 Å². The molecule has 0 saturated carbocycles. The zero-order valence-electron chi connectivity index (χ0n) is 14.9. The summed E-state index contributed by atoms with van der Waals surface area (Å²) in [6.45, 7) is 3.10. The quantitative estimate of drug-likeness (QED) is 0.694. The van der Waals surface area contributed by atoms with E-state index in [1.165, 1.54) is 16.7 Å². The van der Waals surface area contributed by atoms with E-state index in [2.05, 4.69) is 29.4 Å². The number of halogens is 1. The number of benzene rings is 1. The Kier molecular flexibility index (Phi) is 4.92. The van der Waals surface area contributed by atoms with Crippen LogP contribution >= 0.6 is 23.4 Å². The van der Waals surface area contributed by atoms with Crippen molar-refractivity contribution in [1.29, 1.82) is 0 Å². The molecule has 1 atom stereocenters. The highest BCUT2D eigenvalue weighted by Gasteiger charge is 2.30. The van der Waals surface area contributed by atoms with E-state index in [9.17, 15) is 0 Å². The molecule has 3 aromatic rings. The third-order valence-corrected chi connectivity index (χ3v) is 6.20. The average molecular weight is 385 g/mol. The molecule has 0 radical (unpaired) electrons. The number of nitrogens with zero attached hydrogens (tertiary/aromatic N) is 3. The largest absolute Gasteiger partial charge is 0.369 e. The maximum atomic E-state index is 6.25. The second kappa shape index (κ2) is 7.33. The number of nitrogens with one attached hydrogen (secondary N) is 1. The highest BCUT2D eigenvalue weighted by molar-refractivity contribution is 7.99. The molecule has 1 aliphatic heterocycles. The van der Waals surface area contributed by atoms with Crippen LogP contribution in [-0.4, -0.2) is 27.1 Å². The summed E-state index contributed by atoms with van der Waals surface area (Å²) in [5, 5.41) is 9.36. The molecule has 134 valence electrons. The van der Waals surface area contributed by atoms with Crippen molar-refractivity contribution in [1.82, 2.24) is 14.8 Å². The Morgan fingerprint density at radius 1 is 1.31 bits per heavy atom. The first-order valence-electron chi connectivity index (χ1n) is 8.81. The molecule has 4 nitrogen and oxygen atoms in total. The van der Waals surface area contributed by atoms with Crippen LogP contribution in [0.3, 0.4) is 0 Å². The van der Waals surface area contributed by atoms with Crippen molar-refractivity contribution in [2.75, 3.05) is 17.6 Å². The van der Waals surface area contributed by atoms with E-state index in [-0.39, 0.29) is 5.25 Å². The second-order valence-electron chi connectivity index (χ2n) is 6.32. The maximum Gasteiger partial charge on any atom is 0.129 e. The van der Waals surface area contributed by atoms with Gasteiger partial charge in [0.15, 0.2) is 0 Å². The Morgan fingerprint density at radius 3 is 2.96 bits per heavy atom. The minimum atomic E-state index is 0.206. The number of pyridine rings is 1. The van der Waals surface area contributed by atoms with Gasteiger partial charge in [-0.2, -0.15) is 5.10 Å². The lowest BCUT2D eigenvalue weighted by Crippen LogP contribution is -2.06. The number of fused-ring (bicyclic) bond motifs is 1. The van der Waals surface area contributed by atoms with E-state index < -0.39 is 0 Å². The molecular weight excluding hydrogens is 364 g/mol. The third kappa shape index (κ3) is 3.10. The number of thioether (sulfide) groups is 1. The van der Waals surface area contributed by atoms with Gasteiger partial charge in [0.25, 0.3) is 0 Å². The number of aryl methyl sites for hydroxylation is 2. The summed E-state index contributed by atoms with van der Waals surface area (Å²) < 4.78 is 1.94. The summed E-state index contributed by atoms with van der Waals surface area (Å²) in [4.78, 5) is 4.55. The van der Waals surface area contributed by atoms with Gasteiger partial charge in [0, 0.05) is 36.1 Å². The summed E-state index contributed by atoms with van der Waals surface area (Å²) in [5.41, 5.74) is 5.68. The van der Waals surface area contributed by atoms with Crippen molar-refractivity contribution < 1.29 is 0 Å². The van der Waals surface area contributed by atoms with Gasteiger partial charge in [0.05, 0.1) is 10.9 Å². The first-order chi connectivity index (χ1) is 12.7. The Hall–Kier alpha value is -1.98. The standard InChI is InChI=1S/C20H21ClN4S/c1-3-13-12-14(21)7-8-15(13)19-17-18(16-6-4-5-9-22-16)24-25(2)20(17)23-10-11-26-19/h4-9,12,19,23H,3,10-11H2,1-2H3. The minimum absolute atomic E-state index is 0.206. The fourth-order valence-corrected chi connectivity index (χ4v) is 4.95. The first kappa shape index (κ1) is 17.4. The molecule has 0 spiro atoms. The van der Waals surface area contributed by atoms with Crippen molar-refractivity contribution >= 4 is 29.2 Å². The van der Waals surface area contributed by atoms with Crippen LogP contribution in [0.1, 0.15) is 28.9 Å². The molecule has 0 amide bonds. The molecule has 2 aromatic heterocycles. The number of aromatic nitrogens is 3. The van der Waals surface area contributed by atoms with Gasteiger partial charge in [-0.05, 0) is 41.8 Å². The van der Waals surface area contributed by atoms with Crippen molar-refractivity contribution in [3.8, 4) is 11.4 Å². The molecule has 1 N–H and O–H groups in total. The van der Waals surface area contributed by atoms with E-state index in [1.807, 2.05) is 54.0 Å². The van der Waals surface area contributed by atoms with Crippen LogP contribution in [0.4, 0.5) is 5.82 Å². The van der Waals surface area contributed by atoms with Crippen molar-refractivity contribution in [2.45, 2.75) is 18.6 Å². The molecule has 26 heavy (non-hydrogen) atoms. The molecule has 1 aromatic carbocycles. The van der Waals surface area contributed by atoms with E-state index in [0.29, 0.717) is 0 Å². The molecular formula is C20H21ClN4S. The molecule has 0 saturated heterocycles. The lowest BCUT2D eigenvalue weighted by molar-refractivity contribution is 0.773. The number of hydrogen-bond acceptors (Lipinski definition) is 4. The van der Waals surface area contributed by atoms with Gasteiger partial charge < -0.3 is 5.32 Å². The second-order valence-corrected chi connectivity index (χ2v) is 7.97. The van der Waals surface area contributed by atoms with Crippen LogP contribution in [0.25, 0.3) is 11.4 Å². The minimum Gasteiger partial charge on any atom is -0.369 e. The SMILES string of the molecule is CCc1cc(Cl)ccc1C1SCCNc2c1c(-c1ccccn1)nn2C. The molecule has 0 fully saturated rings. The molecule has 1 aliphatic rings. The van der Waals surface area contributed by atoms with Gasteiger partial charge in [-0.1, -0.05) is 30.7 Å². The summed E-state index contributed by atoms with van der Waals surface area (Å²) in [6.07, 6.45) is 2.78. The van der Waals surface area contributed by atoms with Gasteiger partial charge in [-0.3, -0.25) is 9.67 Å². The van der Waals surface area contributed by atoms with Crippen molar-refractivity contribution in [2.24, 2.45) is 7.05 Å². The Balaban J connectivity index is 1.93. The van der Waals surface area contributed by atoms with Crippen LogP contribution in [0.2, 0.25) is 5.02 Å². The van der Waals surface area contributed by atoms with Gasteiger partial charge in [0.1, 0.15) is 11.5 Å². The zero-order valence-corrected chi connectivity index (χ0v) is 16.4. The topological polar surface area (TPSA) is 42.7 Å². The van der Waals surface area contributed by atoms with E-state index >= 15 is 0 Å². The molecule has 6 heteroatoms. The first-order valence-corrected chi connectivity index (χ1v) is 10.2. The van der Waals surface area contributed by atoms with Gasteiger partial charge in [-0.25, -0.2) is 0 Å². The predicted octanol–water partition coefficient (Wildman–Crippen LogP) is 4.95. The lowest BCUT2D eigenvalue weighted by Gasteiger charge is -2.19. The molecule has 1 unspecified atom stereocenters. The van der Waals surface area contributed by atoms with Crippen LogP contribution < -0.4 is 5.32 Å². The van der Waals surface area contributed by atoms with Gasteiger partial charge in [-0.15, -0.1) is 11.8 Å². The Bertz CT molecular complexity index is 923. The highest BCUT2D eigenvalue weighted by atomic mass is 35.5. The smallest absolute Gasteiger partial charge is 0.129 e. The van der Waals surface area contributed by atoms with E-state index in [0.717, 1.165) is 40.9 Å². The van der Waals surface area contributed by atoms with Crippen molar-refractivity contribution in [3.63, 3.8) is 0 Å². The van der Waals surface area contributed by atoms with Crippen molar-refractivity contribution in [3.05, 3.63) is 64.3 Å². The Labute approximate surface area is 163 Å². The fourth-order valence-electron chi connectivity index (χ4n) is 3.50. The van der Waals surface area contributed by atoms with Crippen LogP contribution in [-0.2, 0) is 13.5 Å². The van der Waals surface area contributed by atoms with Gasteiger partial charge in [0.2, 0.25) is 0 Å². The predicted molar refractivity (Wildman–Crippen MR) is 110 cm³/mol. The van der Waals surface area contributed by atoms with Crippen LogP contribution in [0, 0.1) is 0 Å². The summed E-state index contributed by atoms with van der Waals surface area (Å²) >= 11 is 8.20. The monoisotopic (exact) mass is 384 g/mol. The molecule has 4 rings (SSSR count). The van der Waals surface area contributed by atoms with Crippen LogP contribution in [0.15, 0.2) is 42.6 Å². The lowest BCUT2D eigenvalue weighted by atomic mass is 9.96. The van der Waals surface area contributed by atoms with E-state index in [4.69, 9.17) is 16.7 Å². The zero-order chi connectivity index (χ0) is 18.1. The highest BCUT2D eigenvalue weighted by Crippen LogP contribution is 2.46. The number of rotatable bonds is 3. The van der Waals surface area contributed by atoms with Gasteiger partial charge >= 0.3 is 0 Å². The third-order valence-electron chi connectivity index (χ3n) is 4.70. The average Bonchev–Trinajstić information content (AvgIpc) is 2.85. The summed E-state index contributed by atoms with van der Waals surface area (Å²) in [7, 11) is 1.99. The molecule has 0 aliphatic carbocycles. The summed E-state index contributed by atoms with van der Waals surface area (Å²) in [6, 6.07) is 12.2. The molecule has 3 heterocycles. The van der Waals surface area contributed by atoms with Crippen LogP contribution in [0.5, 0.6) is 0 Å². The number of hydrogen-bond donors (Lipinski definition) is 1. The summed E-state index contributed by atoms with van der Waals surface area (Å²) in [5.74, 6) is 2.12. The normalized spacial score (nSPS) is 16.7. The maximum absolute atomic E-state index is 6.25. The number of anilines is 1. The Morgan fingerprint density at radius 2 is 2.19 bits per heavy atom. The fraction of sp³-hybridized carbons (Fsp3) is 0.300. The molecule has 0 bridgehead atoms.